The van der Waals surface area contributed by atoms with Crippen LogP contribution in [0.3, 0.4) is 0 Å². The number of pyridine rings is 2. The summed E-state index contributed by atoms with van der Waals surface area (Å²) < 4.78 is 7.80. The smallest absolute Gasteiger partial charge is 0.250 e. The van der Waals surface area contributed by atoms with E-state index in [9.17, 15) is 9.59 Å². The molecule has 0 aliphatic rings. The van der Waals surface area contributed by atoms with Crippen molar-refractivity contribution in [3.8, 4) is 11.3 Å². The number of halogens is 1. The SMILES string of the molecule is Cc1cc([C@@H](C)Nc2ccc(Cl)nc2C)c2oc(-c3ccn(C)c(=O)c3)c(C)c(=O)c2c1. The number of anilines is 1. The molecule has 1 atom stereocenters. The molecule has 0 amide bonds. The maximum atomic E-state index is 13.3. The third-order valence-corrected chi connectivity index (χ3v) is 5.86. The van der Waals surface area contributed by atoms with Gasteiger partial charge in [-0.1, -0.05) is 17.7 Å². The zero-order valence-corrected chi connectivity index (χ0v) is 19.4. The number of aryl methyl sites for hydroxylation is 3. The van der Waals surface area contributed by atoms with Crippen LogP contribution in [0.1, 0.15) is 35.3 Å². The lowest BCUT2D eigenvalue weighted by Crippen LogP contribution is -2.16. The summed E-state index contributed by atoms with van der Waals surface area (Å²) in [5.41, 5.74) is 4.70. The monoisotopic (exact) mass is 449 g/mol. The predicted molar refractivity (Wildman–Crippen MR) is 129 cm³/mol. The van der Waals surface area contributed by atoms with Crippen molar-refractivity contribution in [2.75, 3.05) is 5.32 Å². The summed E-state index contributed by atoms with van der Waals surface area (Å²) in [5.74, 6) is 0.404. The molecule has 0 spiro atoms. The second-order valence-electron chi connectivity index (χ2n) is 8.11. The second-order valence-corrected chi connectivity index (χ2v) is 8.50. The standard InChI is InChI=1S/C25H24ClN3O3/c1-13-10-18(15(3)27-20-6-7-21(26)28-16(20)4)25-19(11-13)23(31)14(2)24(32-25)17-8-9-29(5)22(30)12-17/h6-12,15,27H,1-5H3/t15-/m1/s1. The summed E-state index contributed by atoms with van der Waals surface area (Å²) >= 11 is 5.99. The fourth-order valence-electron chi connectivity index (χ4n) is 3.85. The molecule has 0 bridgehead atoms. The molecule has 6 nitrogen and oxygen atoms in total. The van der Waals surface area contributed by atoms with E-state index >= 15 is 0 Å². The van der Waals surface area contributed by atoms with Gasteiger partial charge in [-0.3, -0.25) is 9.59 Å². The van der Waals surface area contributed by atoms with Crippen LogP contribution in [0.2, 0.25) is 5.15 Å². The Bertz CT molecular complexity index is 1470. The van der Waals surface area contributed by atoms with Crippen LogP contribution >= 0.6 is 11.6 Å². The average Bonchev–Trinajstić information content (AvgIpc) is 2.74. The highest BCUT2D eigenvalue weighted by Crippen LogP contribution is 2.32. The summed E-state index contributed by atoms with van der Waals surface area (Å²) in [6, 6.07) is 10.5. The third-order valence-electron chi connectivity index (χ3n) is 5.65. The first kappa shape index (κ1) is 21.8. The fourth-order valence-corrected chi connectivity index (χ4v) is 4.04. The van der Waals surface area contributed by atoms with E-state index < -0.39 is 0 Å². The van der Waals surface area contributed by atoms with E-state index in [4.69, 9.17) is 16.0 Å². The van der Waals surface area contributed by atoms with E-state index in [0.717, 1.165) is 22.5 Å². The van der Waals surface area contributed by atoms with Crippen molar-refractivity contribution in [2.45, 2.75) is 33.7 Å². The minimum absolute atomic E-state index is 0.108. The molecule has 32 heavy (non-hydrogen) atoms. The first-order valence-corrected chi connectivity index (χ1v) is 10.7. The first-order chi connectivity index (χ1) is 15.2. The summed E-state index contributed by atoms with van der Waals surface area (Å²) in [7, 11) is 1.68. The molecule has 164 valence electrons. The van der Waals surface area contributed by atoms with Crippen molar-refractivity contribution < 1.29 is 4.42 Å². The van der Waals surface area contributed by atoms with Gasteiger partial charge in [0.15, 0.2) is 5.43 Å². The summed E-state index contributed by atoms with van der Waals surface area (Å²) in [4.78, 5) is 29.7. The summed E-state index contributed by atoms with van der Waals surface area (Å²) in [6.45, 7) is 7.56. The van der Waals surface area contributed by atoms with Crippen molar-refractivity contribution in [1.29, 1.82) is 0 Å². The minimum Gasteiger partial charge on any atom is -0.455 e. The molecule has 4 rings (SSSR count). The number of rotatable bonds is 4. The van der Waals surface area contributed by atoms with Gasteiger partial charge >= 0.3 is 0 Å². The molecule has 0 saturated heterocycles. The van der Waals surface area contributed by atoms with Gasteiger partial charge in [0.2, 0.25) is 0 Å². The lowest BCUT2D eigenvalue weighted by atomic mass is 9.99. The molecule has 0 unspecified atom stereocenters. The van der Waals surface area contributed by atoms with Gasteiger partial charge in [-0.05, 0) is 57.5 Å². The third kappa shape index (κ3) is 3.94. The van der Waals surface area contributed by atoms with Crippen molar-refractivity contribution in [3.63, 3.8) is 0 Å². The van der Waals surface area contributed by atoms with Crippen molar-refractivity contribution in [2.24, 2.45) is 7.05 Å². The van der Waals surface area contributed by atoms with Crippen LogP contribution in [-0.2, 0) is 7.05 Å². The number of nitrogens with zero attached hydrogens (tertiary/aromatic N) is 2. The predicted octanol–water partition coefficient (Wildman–Crippen LogP) is 5.31. The van der Waals surface area contributed by atoms with Gasteiger partial charge in [0.1, 0.15) is 16.5 Å². The largest absolute Gasteiger partial charge is 0.455 e. The molecule has 7 heteroatoms. The molecule has 3 aromatic heterocycles. The van der Waals surface area contributed by atoms with Crippen LogP contribution in [0, 0.1) is 20.8 Å². The average molecular weight is 450 g/mol. The Morgan fingerprint density at radius 2 is 1.84 bits per heavy atom. The van der Waals surface area contributed by atoms with E-state index in [2.05, 4.69) is 10.3 Å². The Morgan fingerprint density at radius 3 is 2.53 bits per heavy atom. The fraction of sp³-hybridized carbons (Fsp3) is 0.240. The van der Waals surface area contributed by atoms with Crippen molar-refractivity contribution in [3.05, 3.63) is 90.7 Å². The van der Waals surface area contributed by atoms with Gasteiger partial charge in [-0.2, -0.15) is 0 Å². The minimum atomic E-state index is -0.179. The van der Waals surface area contributed by atoms with E-state index in [-0.39, 0.29) is 17.0 Å². The number of hydrogen-bond acceptors (Lipinski definition) is 5. The zero-order valence-electron chi connectivity index (χ0n) is 18.6. The Hall–Kier alpha value is -3.38. The summed E-state index contributed by atoms with van der Waals surface area (Å²) in [5, 5.41) is 4.40. The Labute approximate surface area is 190 Å². The maximum Gasteiger partial charge on any atom is 0.250 e. The highest BCUT2D eigenvalue weighted by Gasteiger charge is 2.19. The van der Waals surface area contributed by atoms with E-state index in [0.29, 0.717) is 33.0 Å². The topological polar surface area (TPSA) is 77.1 Å². The van der Waals surface area contributed by atoms with Crippen LogP contribution in [0.4, 0.5) is 5.69 Å². The lowest BCUT2D eigenvalue weighted by Gasteiger charge is -2.19. The molecule has 1 aromatic carbocycles. The van der Waals surface area contributed by atoms with Crippen LogP contribution in [0.5, 0.6) is 0 Å². The highest BCUT2D eigenvalue weighted by molar-refractivity contribution is 6.29. The Balaban J connectivity index is 1.90. The Morgan fingerprint density at radius 1 is 1.09 bits per heavy atom. The van der Waals surface area contributed by atoms with Gasteiger partial charge in [-0.15, -0.1) is 0 Å². The normalized spacial score (nSPS) is 12.2. The van der Waals surface area contributed by atoms with Gasteiger partial charge in [0, 0.05) is 36.0 Å². The zero-order chi connectivity index (χ0) is 23.2. The van der Waals surface area contributed by atoms with Crippen LogP contribution in [0.15, 0.2) is 56.6 Å². The van der Waals surface area contributed by atoms with E-state index in [1.165, 1.54) is 10.6 Å². The second kappa shape index (κ2) is 8.28. The summed E-state index contributed by atoms with van der Waals surface area (Å²) in [6.07, 6.45) is 1.66. The van der Waals surface area contributed by atoms with Crippen LogP contribution < -0.4 is 16.3 Å². The van der Waals surface area contributed by atoms with Crippen LogP contribution in [0.25, 0.3) is 22.3 Å². The molecule has 0 saturated carbocycles. The van der Waals surface area contributed by atoms with Crippen molar-refractivity contribution >= 4 is 28.3 Å². The molecule has 1 N–H and O–H groups in total. The quantitative estimate of drug-likeness (QED) is 0.427. The molecule has 0 aliphatic heterocycles. The van der Waals surface area contributed by atoms with Gasteiger partial charge < -0.3 is 14.3 Å². The molecular formula is C25H24ClN3O3. The number of benzene rings is 1. The van der Waals surface area contributed by atoms with E-state index in [1.54, 1.807) is 32.3 Å². The number of hydrogen-bond donors (Lipinski definition) is 1. The molecule has 0 radical (unpaired) electrons. The number of fused-ring (bicyclic) bond motifs is 1. The van der Waals surface area contributed by atoms with E-state index in [1.807, 2.05) is 39.0 Å². The molecular weight excluding hydrogens is 426 g/mol. The van der Waals surface area contributed by atoms with Crippen LogP contribution in [-0.4, -0.2) is 9.55 Å². The highest BCUT2D eigenvalue weighted by atomic mass is 35.5. The Kier molecular flexibility index (Phi) is 5.65. The lowest BCUT2D eigenvalue weighted by molar-refractivity contribution is 0.605. The maximum absolute atomic E-state index is 13.3. The van der Waals surface area contributed by atoms with Gasteiger partial charge in [-0.25, -0.2) is 4.98 Å². The molecule has 4 aromatic rings. The number of nitrogens with one attached hydrogen (secondary N) is 1. The van der Waals surface area contributed by atoms with Gasteiger partial charge in [0.25, 0.3) is 5.56 Å². The molecule has 0 aliphatic carbocycles. The first-order valence-electron chi connectivity index (χ1n) is 10.3. The van der Waals surface area contributed by atoms with Crippen molar-refractivity contribution in [1.82, 2.24) is 9.55 Å². The number of aromatic nitrogens is 2. The molecule has 3 heterocycles. The molecule has 0 fully saturated rings. The van der Waals surface area contributed by atoms with Gasteiger partial charge in [0.05, 0.1) is 22.8 Å².